The largest absolute Gasteiger partial charge is 0.303 e. The molecule has 0 amide bonds. The Morgan fingerprint density at radius 3 is 1.94 bits per heavy atom. The molecule has 0 N–H and O–H groups in total. The topological polar surface area (TPSA) is 17.1 Å². The fourth-order valence-electron chi connectivity index (χ4n) is 1.94. The van der Waals surface area contributed by atoms with Crippen LogP contribution >= 0.6 is 0 Å². The number of rotatable bonds is 6. The molecule has 2 unspecified atom stereocenters. The molecular weight excluding hydrogens is 208 g/mol. The summed E-state index contributed by atoms with van der Waals surface area (Å²) in [7, 11) is 0. The van der Waals surface area contributed by atoms with E-state index >= 15 is 0 Å². The van der Waals surface area contributed by atoms with Gasteiger partial charge in [0.15, 0.2) is 0 Å². The van der Waals surface area contributed by atoms with E-state index in [1.165, 1.54) is 19.1 Å². The fraction of sp³-hybridized carbons (Fsp3) is 0.938. The van der Waals surface area contributed by atoms with Crippen LogP contribution in [0.1, 0.15) is 74.1 Å². The summed E-state index contributed by atoms with van der Waals surface area (Å²) in [6.07, 6.45) is 5.65. The Morgan fingerprint density at radius 1 is 1.06 bits per heavy atom. The lowest BCUT2D eigenvalue weighted by molar-refractivity contribution is -0.112. The van der Waals surface area contributed by atoms with E-state index in [1.807, 2.05) is 0 Å². The van der Waals surface area contributed by atoms with Crippen LogP contribution in [0, 0.1) is 22.7 Å². The first kappa shape index (κ1) is 16.7. The predicted molar refractivity (Wildman–Crippen MR) is 76.1 cm³/mol. The van der Waals surface area contributed by atoms with Crippen molar-refractivity contribution in [3.05, 3.63) is 0 Å². The van der Waals surface area contributed by atoms with Gasteiger partial charge in [-0.25, -0.2) is 0 Å². The van der Waals surface area contributed by atoms with E-state index in [0.29, 0.717) is 16.7 Å². The second-order valence-electron chi connectivity index (χ2n) is 7.85. The van der Waals surface area contributed by atoms with Gasteiger partial charge in [-0.15, -0.1) is 0 Å². The lowest BCUT2D eigenvalue weighted by Gasteiger charge is -2.29. The summed E-state index contributed by atoms with van der Waals surface area (Å²) in [5.41, 5.74) is 0.703. The molecule has 2 atom stereocenters. The Bertz CT molecular complexity index is 217. The maximum Gasteiger partial charge on any atom is 0.123 e. The van der Waals surface area contributed by atoms with Crippen molar-refractivity contribution in [2.24, 2.45) is 22.7 Å². The van der Waals surface area contributed by atoms with E-state index in [4.69, 9.17) is 0 Å². The Labute approximate surface area is 108 Å². The fourth-order valence-corrected chi connectivity index (χ4v) is 1.94. The SMILES string of the molecule is CC(CC(C=O)CCCC(C)(C)C)C(C)(C)C. The van der Waals surface area contributed by atoms with Crippen molar-refractivity contribution in [3.8, 4) is 0 Å². The van der Waals surface area contributed by atoms with Crippen LogP contribution in [-0.2, 0) is 4.79 Å². The first-order valence-corrected chi connectivity index (χ1v) is 7.01. The van der Waals surface area contributed by atoms with Gasteiger partial charge in [-0.1, -0.05) is 54.9 Å². The van der Waals surface area contributed by atoms with Gasteiger partial charge in [0.25, 0.3) is 0 Å². The first-order valence-electron chi connectivity index (χ1n) is 7.01. The molecular formula is C16H32O. The van der Waals surface area contributed by atoms with Gasteiger partial charge in [-0.2, -0.15) is 0 Å². The minimum absolute atomic E-state index is 0.256. The van der Waals surface area contributed by atoms with Crippen LogP contribution in [-0.4, -0.2) is 6.29 Å². The summed E-state index contributed by atoms with van der Waals surface area (Å²) < 4.78 is 0. The molecule has 0 aromatic rings. The van der Waals surface area contributed by atoms with Crippen LogP contribution < -0.4 is 0 Å². The van der Waals surface area contributed by atoms with Crippen LogP contribution in [0.25, 0.3) is 0 Å². The van der Waals surface area contributed by atoms with Gasteiger partial charge in [0, 0.05) is 5.92 Å². The maximum absolute atomic E-state index is 11.1. The molecule has 0 aromatic heterocycles. The summed E-state index contributed by atoms with van der Waals surface area (Å²) in [4.78, 5) is 11.1. The lowest BCUT2D eigenvalue weighted by atomic mass is 9.76. The molecule has 17 heavy (non-hydrogen) atoms. The summed E-state index contributed by atoms with van der Waals surface area (Å²) in [5, 5.41) is 0. The van der Waals surface area contributed by atoms with E-state index < -0.39 is 0 Å². The molecule has 102 valence electrons. The second-order valence-corrected chi connectivity index (χ2v) is 7.85. The molecule has 0 saturated heterocycles. The van der Waals surface area contributed by atoms with Crippen LogP contribution in [0.15, 0.2) is 0 Å². The maximum atomic E-state index is 11.1. The molecule has 0 aliphatic heterocycles. The Hall–Kier alpha value is -0.330. The number of hydrogen-bond donors (Lipinski definition) is 0. The number of hydrogen-bond acceptors (Lipinski definition) is 1. The highest BCUT2D eigenvalue weighted by atomic mass is 16.1. The van der Waals surface area contributed by atoms with E-state index in [0.717, 1.165) is 12.8 Å². The number of carbonyl (C=O) groups is 1. The van der Waals surface area contributed by atoms with Crippen molar-refractivity contribution < 1.29 is 4.79 Å². The molecule has 0 fully saturated rings. The molecule has 0 saturated carbocycles. The normalized spacial score (nSPS) is 16.6. The smallest absolute Gasteiger partial charge is 0.123 e. The molecule has 0 aliphatic carbocycles. The third kappa shape index (κ3) is 8.40. The Kier molecular flexibility index (Phi) is 6.43. The Balaban J connectivity index is 4.05. The highest BCUT2D eigenvalue weighted by Gasteiger charge is 2.23. The lowest BCUT2D eigenvalue weighted by Crippen LogP contribution is -2.21. The van der Waals surface area contributed by atoms with Crippen LogP contribution in [0.2, 0.25) is 0 Å². The monoisotopic (exact) mass is 240 g/mol. The predicted octanol–water partition coefficient (Wildman–Crippen LogP) is 5.09. The van der Waals surface area contributed by atoms with Crippen LogP contribution in [0.5, 0.6) is 0 Å². The third-order valence-electron chi connectivity index (χ3n) is 3.83. The molecule has 1 heteroatoms. The van der Waals surface area contributed by atoms with Crippen molar-refractivity contribution in [2.75, 3.05) is 0 Å². The molecule has 0 aliphatic rings. The zero-order valence-corrected chi connectivity index (χ0v) is 13.0. The van der Waals surface area contributed by atoms with Crippen LogP contribution in [0.3, 0.4) is 0 Å². The van der Waals surface area contributed by atoms with E-state index in [9.17, 15) is 4.79 Å². The number of carbonyl (C=O) groups excluding carboxylic acids is 1. The van der Waals surface area contributed by atoms with Crippen molar-refractivity contribution in [2.45, 2.75) is 74.1 Å². The summed E-state index contributed by atoms with van der Waals surface area (Å²) in [6.45, 7) is 15.8. The standard InChI is InChI=1S/C16H32O/c1-13(16(5,6)7)11-14(12-17)9-8-10-15(2,3)4/h12-14H,8-11H2,1-7H3. The molecule has 0 spiro atoms. The average Bonchev–Trinajstić information content (AvgIpc) is 2.12. The minimum Gasteiger partial charge on any atom is -0.303 e. The van der Waals surface area contributed by atoms with Gasteiger partial charge in [-0.3, -0.25) is 0 Å². The van der Waals surface area contributed by atoms with E-state index in [2.05, 4.69) is 48.5 Å². The molecule has 0 heterocycles. The van der Waals surface area contributed by atoms with Crippen molar-refractivity contribution in [1.82, 2.24) is 0 Å². The highest BCUT2D eigenvalue weighted by Crippen LogP contribution is 2.32. The van der Waals surface area contributed by atoms with Crippen molar-refractivity contribution >= 4 is 6.29 Å². The quantitative estimate of drug-likeness (QED) is 0.591. The summed E-state index contributed by atoms with van der Waals surface area (Å²) in [6, 6.07) is 0. The zero-order valence-electron chi connectivity index (χ0n) is 13.0. The van der Waals surface area contributed by atoms with Gasteiger partial charge >= 0.3 is 0 Å². The summed E-state index contributed by atoms with van der Waals surface area (Å²) >= 11 is 0. The highest BCUT2D eigenvalue weighted by molar-refractivity contribution is 5.53. The Morgan fingerprint density at radius 2 is 1.59 bits per heavy atom. The minimum atomic E-state index is 0.256. The summed E-state index contributed by atoms with van der Waals surface area (Å²) in [5.74, 6) is 0.860. The average molecular weight is 240 g/mol. The van der Waals surface area contributed by atoms with Crippen LogP contribution in [0.4, 0.5) is 0 Å². The molecule has 1 nitrogen and oxygen atoms in total. The zero-order chi connectivity index (χ0) is 13.7. The van der Waals surface area contributed by atoms with E-state index in [1.54, 1.807) is 0 Å². The first-order chi connectivity index (χ1) is 7.56. The van der Waals surface area contributed by atoms with E-state index in [-0.39, 0.29) is 5.92 Å². The van der Waals surface area contributed by atoms with Gasteiger partial charge in [0.05, 0.1) is 0 Å². The van der Waals surface area contributed by atoms with Gasteiger partial charge < -0.3 is 4.79 Å². The third-order valence-corrected chi connectivity index (χ3v) is 3.83. The molecule has 0 bridgehead atoms. The van der Waals surface area contributed by atoms with Gasteiger partial charge in [0.1, 0.15) is 6.29 Å². The molecule has 0 radical (unpaired) electrons. The van der Waals surface area contributed by atoms with Gasteiger partial charge in [-0.05, 0) is 36.0 Å². The van der Waals surface area contributed by atoms with Crippen molar-refractivity contribution in [3.63, 3.8) is 0 Å². The number of aldehydes is 1. The second kappa shape index (κ2) is 6.56. The molecule has 0 rings (SSSR count). The molecule has 0 aromatic carbocycles. The van der Waals surface area contributed by atoms with Crippen molar-refractivity contribution in [1.29, 1.82) is 0 Å². The van der Waals surface area contributed by atoms with Gasteiger partial charge in [0.2, 0.25) is 0 Å².